The number of rotatable bonds is 11. The van der Waals surface area contributed by atoms with Crippen molar-refractivity contribution in [2.45, 2.75) is 66.3 Å². The number of carbonyl (C=O) groups is 4. The van der Waals surface area contributed by atoms with Gasteiger partial charge in [-0.05, 0) is 36.5 Å². The summed E-state index contributed by atoms with van der Waals surface area (Å²) in [7, 11) is 1.86. The van der Waals surface area contributed by atoms with Crippen LogP contribution in [0.2, 0.25) is 0 Å². The summed E-state index contributed by atoms with van der Waals surface area (Å²) in [5.74, 6) is -0.300. The number of nitrogens with one attached hydrogen (secondary N) is 3. The van der Waals surface area contributed by atoms with Gasteiger partial charge in [0, 0.05) is 25.0 Å². The zero-order valence-electron chi connectivity index (χ0n) is 22.0. The van der Waals surface area contributed by atoms with Crippen LogP contribution < -0.4 is 20.7 Å². The predicted octanol–water partition coefficient (Wildman–Crippen LogP) is 1.99. The molecule has 3 N–H and O–H groups in total. The Labute approximate surface area is 212 Å². The monoisotopic (exact) mass is 499 g/mol. The molecule has 10 nitrogen and oxygen atoms in total. The molecule has 0 aliphatic heterocycles. The van der Waals surface area contributed by atoms with Crippen LogP contribution in [0.25, 0.3) is 0 Å². The van der Waals surface area contributed by atoms with Crippen molar-refractivity contribution in [2.75, 3.05) is 0 Å². The number of hydrogen-bond donors (Lipinski definition) is 3. The van der Waals surface area contributed by atoms with E-state index in [0.29, 0.717) is 17.6 Å². The van der Waals surface area contributed by atoms with Gasteiger partial charge in [-0.2, -0.15) is 0 Å². The molecule has 36 heavy (non-hydrogen) atoms. The van der Waals surface area contributed by atoms with Crippen molar-refractivity contribution in [3.8, 4) is 5.75 Å². The highest BCUT2D eigenvalue weighted by atomic mass is 16.5. The summed E-state index contributed by atoms with van der Waals surface area (Å²) in [6.45, 7) is 10.8. The Morgan fingerprint density at radius 3 is 2.33 bits per heavy atom. The van der Waals surface area contributed by atoms with Gasteiger partial charge in [0.05, 0.1) is 6.04 Å². The van der Waals surface area contributed by atoms with Crippen LogP contribution in [0.1, 0.15) is 57.7 Å². The van der Waals surface area contributed by atoms with Crippen molar-refractivity contribution in [2.24, 2.45) is 18.4 Å². The number of aryl methyl sites for hydroxylation is 1. The Hall–Kier alpha value is -3.69. The van der Waals surface area contributed by atoms with Crippen LogP contribution in [0.5, 0.6) is 5.75 Å². The smallest absolute Gasteiger partial charge is 0.252 e. The highest BCUT2D eigenvalue weighted by Gasteiger charge is 2.34. The second-order valence-electron chi connectivity index (χ2n) is 10.2. The molecule has 0 spiro atoms. The van der Waals surface area contributed by atoms with E-state index in [0.717, 1.165) is 5.82 Å². The maximum atomic E-state index is 13.1. The van der Waals surface area contributed by atoms with E-state index < -0.39 is 41.3 Å². The minimum atomic E-state index is -0.927. The molecule has 2 rings (SSSR count). The summed E-state index contributed by atoms with van der Waals surface area (Å²) in [6, 6.07) is 4.17. The maximum absolute atomic E-state index is 13.1. The Balaban J connectivity index is 2.07. The van der Waals surface area contributed by atoms with Crippen molar-refractivity contribution in [1.29, 1.82) is 0 Å². The summed E-state index contributed by atoms with van der Waals surface area (Å²) in [5.41, 5.74) is -0.322. The number of nitrogens with zero attached hydrogens (tertiary/aromatic N) is 2. The van der Waals surface area contributed by atoms with Gasteiger partial charge < -0.3 is 30.0 Å². The molecule has 0 aliphatic rings. The molecule has 0 bridgehead atoms. The Kier molecular flexibility index (Phi) is 9.77. The standard InChI is InChI=1S/C26H37N5O5/c1-16(2)20(14-32)29-23(33)17(3)28-25(35)22(26(4,5)6)30-24(34)18-9-8-10-19(13-18)36-15-21-27-11-12-31(21)7/h8-14,16-17,20,22H,15H2,1-7H3,(H,28,35)(H,29,33)(H,30,34)/t17-,20+,22+/m0/s1. The van der Waals surface area contributed by atoms with Crippen LogP contribution in [0.15, 0.2) is 36.7 Å². The molecule has 0 aliphatic carbocycles. The highest BCUT2D eigenvalue weighted by molar-refractivity contribution is 5.99. The molecule has 196 valence electrons. The Bertz CT molecular complexity index is 1070. The third kappa shape index (κ3) is 7.93. The lowest BCUT2D eigenvalue weighted by Gasteiger charge is -2.31. The first-order chi connectivity index (χ1) is 16.8. The third-order valence-electron chi connectivity index (χ3n) is 5.71. The van der Waals surface area contributed by atoms with E-state index in [9.17, 15) is 19.2 Å². The van der Waals surface area contributed by atoms with Gasteiger partial charge in [0.2, 0.25) is 11.8 Å². The van der Waals surface area contributed by atoms with Gasteiger partial charge >= 0.3 is 0 Å². The van der Waals surface area contributed by atoms with E-state index in [4.69, 9.17) is 4.74 Å². The quantitative estimate of drug-likeness (QED) is 0.405. The van der Waals surface area contributed by atoms with Gasteiger partial charge in [0.15, 0.2) is 0 Å². The molecule has 3 atom stereocenters. The van der Waals surface area contributed by atoms with Gasteiger partial charge in [-0.3, -0.25) is 14.4 Å². The van der Waals surface area contributed by atoms with E-state index in [1.54, 1.807) is 30.5 Å². The number of benzene rings is 1. The van der Waals surface area contributed by atoms with E-state index in [1.807, 2.05) is 52.4 Å². The minimum absolute atomic E-state index is 0.0839. The zero-order valence-corrected chi connectivity index (χ0v) is 22.0. The number of aldehydes is 1. The fraction of sp³-hybridized carbons (Fsp3) is 0.500. The number of imidazole rings is 1. The Morgan fingerprint density at radius 2 is 1.78 bits per heavy atom. The van der Waals surface area contributed by atoms with Crippen molar-refractivity contribution in [1.82, 2.24) is 25.5 Å². The lowest BCUT2D eigenvalue weighted by molar-refractivity contribution is -0.131. The maximum Gasteiger partial charge on any atom is 0.252 e. The molecule has 0 fully saturated rings. The zero-order chi connectivity index (χ0) is 27.0. The molecular formula is C26H37N5O5. The number of amides is 3. The van der Waals surface area contributed by atoms with Crippen LogP contribution in [-0.2, 0) is 28.0 Å². The van der Waals surface area contributed by atoms with Crippen LogP contribution in [0.3, 0.4) is 0 Å². The topological polar surface area (TPSA) is 131 Å². The molecule has 1 heterocycles. The second kappa shape index (κ2) is 12.3. The SMILES string of the molecule is CC(C)[C@@H](C=O)NC(=O)[C@H](C)NC(=O)[C@@H](NC(=O)c1cccc(OCc2nccn2C)c1)C(C)(C)C. The fourth-order valence-electron chi connectivity index (χ4n) is 3.31. The second-order valence-corrected chi connectivity index (χ2v) is 10.2. The average Bonchev–Trinajstić information content (AvgIpc) is 3.22. The van der Waals surface area contributed by atoms with Crippen LogP contribution in [-0.4, -0.2) is 51.7 Å². The predicted molar refractivity (Wildman–Crippen MR) is 135 cm³/mol. The molecule has 0 saturated heterocycles. The van der Waals surface area contributed by atoms with Gasteiger partial charge in [0.25, 0.3) is 5.91 Å². The summed E-state index contributed by atoms with van der Waals surface area (Å²) in [4.78, 5) is 54.0. The number of hydrogen-bond acceptors (Lipinski definition) is 6. The Morgan fingerprint density at radius 1 is 1.08 bits per heavy atom. The number of carbonyl (C=O) groups excluding carboxylic acids is 4. The van der Waals surface area contributed by atoms with Crippen LogP contribution in [0, 0.1) is 11.3 Å². The molecule has 0 unspecified atom stereocenters. The molecule has 2 aromatic rings. The summed E-state index contributed by atoms with van der Waals surface area (Å²) in [6.07, 6.45) is 4.16. The lowest BCUT2D eigenvalue weighted by Crippen LogP contribution is -2.58. The molecule has 1 aromatic carbocycles. The molecule has 10 heteroatoms. The third-order valence-corrected chi connectivity index (χ3v) is 5.71. The first kappa shape index (κ1) is 28.5. The van der Waals surface area contributed by atoms with E-state index in [-0.39, 0.29) is 12.5 Å². The first-order valence-corrected chi connectivity index (χ1v) is 11.9. The molecular weight excluding hydrogens is 462 g/mol. The van der Waals surface area contributed by atoms with Crippen LogP contribution in [0.4, 0.5) is 0 Å². The normalized spacial score (nSPS) is 13.9. The number of aromatic nitrogens is 2. The number of ether oxygens (including phenoxy) is 1. The van der Waals surface area contributed by atoms with Crippen molar-refractivity contribution in [3.05, 3.63) is 48.0 Å². The van der Waals surface area contributed by atoms with Gasteiger partial charge in [-0.25, -0.2) is 4.98 Å². The average molecular weight is 500 g/mol. The van der Waals surface area contributed by atoms with Crippen molar-refractivity contribution < 1.29 is 23.9 Å². The molecule has 0 radical (unpaired) electrons. The molecule has 1 aromatic heterocycles. The highest BCUT2D eigenvalue weighted by Crippen LogP contribution is 2.21. The summed E-state index contributed by atoms with van der Waals surface area (Å²) in [5, 5.41) is 8.05. The van der Waals surface area contributed by atoms with Crippen molar-refractivity contribution >= 4 is 24.0 Å². The molecule has 3 amide bonds. The van der Waals surface area contributed by atoms with Crippen LogP contribution >= 0.6 is 0 Å². The van der Waals surface area contributed by atoms with E-state index in [1.165, 1.54) is 6.92 Å². The van der Waals surface area contributed by atoms with Gasteiger partial charge in [-0.1, -0.05) is 40.7 Å². The lowest BCUT2D eigenvalue weighted by atomic mass is 9.85. The van der Waals surface area contributed by atoms with Gasteiger partial charge in [0.1, 0.15) is 36.6 Å². The van der Waals surface area contributed by atoms with Crippen molar-refractivity contribution in [3.63, 3.8) is 0 Å². The van der Waals surface area contributed by atoms with E-state index in [2.05, 4.69) is 20.9 Å². The summed E-state index contributed by atoms with van der Waals surface area (Å²) < 4.78 is 7.61. The summed E-state index contributed by atoms with van der Waals surface area (Å²) >= 11 is 0. The largest absolute Gasteiger partial charge is 0.486 e. The van der Waals surface area contributed by atoms with Gasteiger partial charge in [-0.15, -0.1) is 0 Å². The first-order valence-electron chi connectivity index (χ1n) is 11.9. The van der Waals surface area contributed by atoms with E-state index >= 15 is 0 Å². The molecule has 0 saturated carbocycles. The minimum Gasteiger partial charge on any atom is -0.486 e. The fourth-order valence-corrected chi connectivity index (χ4v) is 3.31.